The highest BCUT2D eigenvalue weighted by Crippen LogP contribution is 2.33. The molecule has 0 bridgehead atoms. The molecular formula is C12H12O4. The highest BCUT2D eigenvalue weighted by molar-refractivity contribution is 5.93. The van der Waals surface area contributed by atoms with Crippen LogP contribution in [0, 0.1) is 0 Å². The van der Waals surface area contributed by atoms with E-state index in [1.807, 2.05) is 12.1 Å². The highest BCUT2D eigenvalue weighted by Gasteiger charge is 2.29. The van der Waals surface area contributed by atoms with Gasteiger partial charge in [-0.25, -0.2) is 4.79 Å². The fraction of sp³-hybridized carbons (Fsp3) is 0.333. The predicted octanol–water partition coefficient (Wildman–Crippen LogP) is 2.15. The van der Waals surface area contributed by atoms with Crippen molar-refractivity contribution in [3.8, 4) is 0 Å². The zero-order valence-electron chi connectivity index (χ0n) is 8.68. The summed E-state index contributed by atoms with van der Waals surface area (Å²) < 4.78 is 5.18. The van der Waals surface area contributed by atoms with Crippen molar-refractivity contribution in [2.75, 3.05) is 0 Å². The maximum atomic E-state index is 11.4. The summed E-state index contributed by atoms with van der Waals surface area (Å²) in [6, 6.07) is 7.23. The quantitative estimate of drug-likeness (QED) is 0.789. The van der Waals surface area contributed by atoms with Gasteiger partial charge in [-0.2, -0.15) is 0 Å². The van der Waals surface area contributed by atoms with Crippen molar-refractivity contribution in [3.05, 3.63) is 35.4 Å². The van der Waals surface area contributed by atoms with Crippen LogP contribution < -0.4 is 0 Å². The van der Waals surface area contributed by atoms with Gasteiger partial charge >= 0.3 is 11.9 Å². The molecule has 1 unspecified atom stereocenters. The van der Waals surface area contributed by atoms with Crippen molar-refractivity contribution in [3.63, 3.8) is 0 Å². The van der Waals surface area contributed by atoms with Gasteiger partial charge in [0.1, 0.15) is 6.10 Å². The first-order valence-electron chi connectivity index (χ1n) is 5.20. The Hall–Kier alpha value is -1.84. The van der Waals surface area contributed by atoms with E-state index in [1.54, 1.807) is 12.1 Å². The fourth-order valence-corrected chi connectivity index (χ4v) is 1.87. The summed E-state index contributed by atoms with van der Waals surface area (Å²) in [5, 5.41) is 8.53. The largest absolute Gasteiger partial charge is 0.481 e. The van der Waals surface area contributed by atoms with E-state index in [0.717, 1.165) is 5.56 Å². The third kappa shape index (κ3) is 2.05. The molecule has 1 N–H and O–H groups in total. The lowest BCUT2D eigenvalue weighted by Crippen LogP contribution is -2.01. The second kappa shape index (κ2) is 4.35. The number of ether oxygens (including phenoxy) is 1. The van der Waals surface area contributed by atoms with Gasteiger partial charge in [-0.1, -0.05) is 18.2 Å². The zero-order valence-corrected chi connectivity index (χ0v) is 8.68. The first kappa shape index (κ1) is 10.7. The van der Waals surface area contributed by atoms with Crippen molar-refractivity contribution in [2.45, 2.75) is 25.4 Å². The van der Waals surface area contributed by atoms with Crippen LogP contribution in [0.2, 0.25) is 0 Å². The Morgan fingerprint density at radius 2 is 2.12 bits per heavy atom. The number of fused-ring (bicyclic) bond motifs is 1. The van der Waals surface area contributed by atoms with E-state index in [4.69, 9.17) is 9.84 Å². The Balaban J connectivity index is 2.03. The van der Waals surface area contributed by atoms with E-state index in [2.05, 4.69) is 0 Å². The molecule has 0 aromatic heterocycles. The smallest absolute Gasteiger partial charge is 0.339 e. The molecule has 0 radical (unpaired) electrons. The molecule has 16 heavy (non-hydrogen) atoms. The van der Waals surface area contributed by atoms with Crippen molar-refractivity contribution in [1.82, 2.24) is 0 Å². The molecule has 1 aromatic carbocycles. The normalized spacial score (nSPS) is 18.0. The molecule has 1 heterocycles. The summed E-state index contributed by atoms with van der Waals surface area (Å²) >= 11 is 0. The molecule has 4 heteroatoms. The van der Waals surface area contributed by atoms with Gasteiger partial charge in [-0.05, 0) is 18.9 Å². The Bertz CT molecular complexity index is 425. The van der Waals surface area contributed by atoms with Gasteiger partial charge in [0.15, 0.2) is 0 Å². The van der Waals surface area contributed by atoms with Crippen LogP contribution in [0.1, 0.15) is 41.3 Å². The van der Waals surface area contributed by atoms with Crippen LogP contribution in [-0.4, -0.2) is 17.0 Å². The minimum absolute atomic E-state index is 0.107. The van der Waals surface area contributed by atoms with Gasteiger partial charge < -0.3 is 9.84 Å². The van der Waals surface area contributed by atoms with E-state index < -0.39 is 5.97 Å². The van der Waals surface area contributed by atoms with Crippen LogP contribution in [0.15, 0.2) is 24.3 Å². The number of carbonyl (C=O) groups excluding carboxylic acids is 1. The molecule has 1 aliphatic heterocycles. The molecule has 1 aromatic rings. The summed E-state index contributed by atoms with van der Waals surface area (Å²) in [6.45, 7) is 0. The standard InChI is InChI=1S/C12H12O4/c13-11(14)7-3-6-10-8-4-1-2-5-9(8)12(15)16-10/h1-2,4-5,10H,3,6-7H2,(H,13,14). The molecule has 0 aliphatic carbocycles. The summed E-state index contributed by atoms with van der Waals surface area (Å²) in [5.74, 6) is -1.13. The fourth-order valence-electron chi connectivity index (χ4n) is 1.87. The van der Waals surface area contributed by atoms with E-state index in [-0.39, 0.29) is 18.5 Å². The second-order valence-corrected chi connectivity index (χ2v) is 3.77. The molecular weight excluding hydrogens is 208 g/mol. The Morgan fingerprint density at radius 1 is 1.38 bits per heavy atom. The summed E-state index contributed by atoms with van der Waals surface area (Å²) in [7, 11) is 0. The molecule has 2 rings (SSSR count). The molecule has 4 nitrogen and oxygen atoms in total. The summed E-state index contributed by atoms with van der Waals surface area (Å²) in [6.07, 6.45) is 0.912. The third-order valence-electron chi connectivity index (χ3n) is 2.63. The molecule has 0 spiro atoms. The van der Waals surface area contributed by atoms with Crippen molar-refractivity contribution >= 4 is 11.9 Å². The molecule has 84 valence electrons. The van der Waals surface area contributed by atoms with Crippen molar-refractivity contribution in [2.24, 2.45) is 0 Å². The first-order valence-corrected chi connectivity index (χ1v) is 5.20. The minimum Gasteiger partial charge on any atom is -0.481 e. The van der Waals surface area contributed by atoms with Crippen molar-refractivity contribution < 1.29 is 19.4 Å². The number of carboxylic acid groups (broad SMARTS) is 1. The average Bonchev–Trinajstić information content (AvgIpc) is 2.57. The number of carboxylic acids is 1. The SMILES string of the molecule is O=C(O)CCCC1OC(=O)c2ccccc21. The number of hydrogen-bond acceptors (Lipinski definition) is 3. The maximum absolute atomic E-state index is 11.4. The minimum atomic E-state index is -0.822. The summed E-state index contributed by atoms with van der Waals surface area (Å²) in [4.78, 5) is 21.8. The number of carbonyl (C=O) groups is 2. The van der Waals surface area contributed by atoms with E-state index in [1.165, 1.54) is 0 Å². The topological polar surface area (TPSA) is 63.6 Å². The van der Waals surface area contributed by atoms with E-state index in [0.29, 0.717) is 18.4 Å². The van der Waals surface area contributed by atoms with Gasteiger partial charge in [0.2, 0.25) is 0 Å². The zero-order chi connectivity index (χ0) is 11.5. The van der Waals surface area contributed by atoms with Gasteiger partial charge in [0, 0.05) is 12.0 Å². The van der Waals surface area contributed by atoms with Crippen LogP contribution >= 0.6 is 0 Å². The lowest BCUT2D eigenvalue weighted by atomic mass is 10.0. The van der Waals surface area contributed by atoms with Gasteiger partial charge in [-0.3, -0.25) is 4.79 Å². The Morgan fingerprint density at radius 3 is 2.88 bits per heavy atom. The van der Waals surface area contributed by atoms with Gasteiger partial charge in [-0.15, -0.1) is 0 Å². The lowest BCUT2D eigenvalue weighted by molar-refractivity contribution is -0.137. The maximum Gasteiger partial charge on any atom is 0.339 e. The van der Waals surface area contributed by atoms with Crippen LogP contribution in [0.25, 0.3) is 0 Å². The van der Waals surface area contributed by atoms with E-state index in [9.17, 15) is 9.59 Å². The number of benzene rings is 1. The summed E-state index contributed by atoms with van der Waals surface area (Å²) in [5.41, 5.74) is 1.47. The lowest BCUT2D eigenvalue weighted by Gasteiger charge is -2.09. The monoisotopic (exact) mass is 220 g/mol. The molecule has 1 atom stereocenters. The predicted molar refractivity (Wildman–Crippen MR) is 56.1 cm³/mol. The molecule has 0 saturated heterocycles. The van der Waals surface area contributed by atoms with Crippen LogP contribution in [0.3, 0.4) is 0 Å². The average molecular weight is 220 g/mol. The Labute approximate surface area is 92.8 Å². The Kier molecular flexibility index (Phi) is 2.90. The number of aliphatic carboxylic acids is 1. The number of hydrogen-bond donors (Lipinski definition) is 1. The number of rotatable bonds is 4. The van der Waals surface area contributed by atoms with E-state index >= 15 is 0 Å². The van der Waals surface area contributed by atoms with Gasteiger partial charge in [0.25, 0.3) is 0 Å². The molecule has 0 saturated carbocycles. The highest BCUT2D eigenvalue weighted by atomic mass is 16.5. The molecule has 0 fully saturated rings. The number of esters is 1. The number of cyclic esters (lactones) is 1. The molecule has 1 aliphatic rings. The van der Waals surface area contributed by atoms with Gasteiger partial charge in [0.05, 0.1) is 5.56 Å². The van der Waals surface area contributed by atoms with Crippen LogP contribution in [0.5, 0.6) is 0 Å². The van der Waals surface area contributed by atoms with Crippen LogP contribution in [0.4, 0.5) is 0 Å². The molecule has 0 amide bonds. The van der Waals surface area contributed by atoms with Crippen molar-refractivity contribution in [1.29, 1.82) is 0 Å². The first-order chi connectivity index (χ1) is 7.68. The van der Waals surface area contributed by atoms with Crippen LogP contribution in [-0.2, 0) is 9.53 Å². The second-order valence-electron chi connectivity index (χ2n) is 3.77. The third-order valence-corrected chi connectivity index (χ3v) is 2.63.